The maximum atomic E-state index is 9.02. The molecule has 0 saturated heterocycles. The van der Waals surface area contributed by atoms with Gasteiger partial charge in [-0.2, -0.15) is 20.5 Å². The van der Waals surface area contributed by atoms with Crippen LogP contribution >= 0.6 is 0 Å². The average molecular weight is 262 g/mol. The highest BCUT2D eigenvalue weighted by atomic mass is 15.5. The lowest BCUT2D eigenvalue weighted by Gasteiger charge is -2.09. The summed E-state index contributed by atoms with van der Waals surface area (Å²) in [6.07, 6.45) is 1.39. The predicted octanol–water partition coefficient (Wildman–Crippen LogP) is 0.899. The van der Waals surface area contributed by atoms with E-state index in [1.165, 1.54) is 11.0 Å². The average Bonchev–Trinajstić information content (AvgIpc) is 3.02. The van der Waals surface area contributed by atoms with Gasteiger partial charge in [-0.3, -0.25) is 0 Å². The molecule has 2 rings (SSSR count). The zero-order valence-corrected chi connectivity index (χ0v) is 10.0. The van der Waals surface area contributed by atoms with E-state index in [0.29, 0.717) is 11.4 Å². The van der Waals surface area contributed by atoms with Crippen molar-refractivity contribution in [2.45, 2.75) is 0 Å². The Morgan fingerprint density at radius 1 is 1.10 bits per heavy atom. The largest absolute Gasteiger partial charge is 0.343 e. The van der Waals surface area contributed by atoms with Crippen LogP contribution < -0.4 is 5.32 Å². The summed E-state index contributed by atoms with van der Waals surface area (Å²) in [5.74, 6) is 0. The molecule has 2 aromatic rings. The minimum atomic E-state index is -0.293. The first-order valence-corrected chi connectivity index (χ1v) is 5.34. The van der Waals surface area contributed by atoms with Gasteiger partial charge >= 0.3 is 0 Å². The molecule has 0 unspecified atom stereocenters. The van der Waals surface area contributed by atoms with E-state index in [9.17, 15) is 0 Å². The van der Waals surface area contributed by atoms with Gasteiger partial charge in [0.15, 0.2) is 5.57 Å². The molecule has 0 aliphatic carbocycles. The van der Waals surface area contributed by atoms with Gasteiger partial charge in [0.25, 0.3) is 0 Å². The van der Waals surface area contributed by atoms with Crippen molar-refractivity contribution in [2.75, 3.05) is 5.32 Å². The second kappa shape index (κ2) is 5.76. The fraction of sp³-hybridized carbons (Fsp3) is 0. The SMILES string of the molecule is N#CC(C#N)=C(C#N)Nc1ccccc1-n1cnnn1. The first kappa shape index (κ1) is 12.7. The number of hydrogen-bond acceptors (Lipinski definition) is 7. The molecular weight excluding hydrogens is 256 g/mol. The molecule has 0 aliphatic rings. The number of rotatable bonds is 3. The van der Waals surface area contributed by atoms with Crippen LogP contribution in [0.5, 0.6) is 0 Å². The predicted molar refractivity (Wildman–Crippen MR) is 66.6 cm³/mol. The molecule has 0 radical (unpaired) electrons. The zero-order valence-electron chi connectivity index (χ0n) is 10.0. The molecule has 1 N–H and O–H groups in total. The summed E-state index contributed by atoms with van der Waals surface area (Å²) < 4.78 is 1.40. The second-order valence-corrected chi connectivity index (χ2v) is 3.48. The van der Waals surface area contributed by atoms with Gasteiger partial charge < -0.3 is 5.32 Å². The number of anilines is 1. The molecule has 0 atom stereocenters. The van der Waals surface area contributed by atoms with Crippen LogP contribution in [0, 0.1) is 34.0 Å². The lowest BCUT2D eigenvalue weighted by Crippen LogP contribution is -2.05. The van der Waals surface area contributed by atoms with E-state index in [0.717, 1.165) is 0 Å². The quantitative estimate of drug-likeness (QED) is 0.813. The molecular formula is C12H6N8. The molecule has 0 saturated carbocycles. The van der Waals surface area contributed by atoms with Crippen LogP contribution in [-0.4, -0.2) is 20.2 Å². The molecule has 1 aromatic heterocycles. The number of nitriles is 3. The summed E-state index contributed by atoms with van der Waals surface area (Å²) in [6, 6.07) is 12.0. The van der Waals surface area contributed by atoms with Gasteiger partial charge in [0.1, 0.15) is 30.2 Å². The Morgan fingerprint density at radius 2 is 1.85 bits per heavy atom. The topological polar surface area (TPSA) is 127 Å². The van der Waals surface area contributed by atoms with Crippen LogP contribution in [0.2, 0.25) is 0 Å². The molecule has 20 heavy (non-hydrogen) atoms. The Kier molecular flexibility index (Phi) is 3.67. The van der Waals surface area contributed by atoms with Gasteiger partial charge in [-0.1, -0.05) is 12.1 Å². The van der Waals surface area contributed by atoms with E-state index in [-0.39, 0.29) is 11.3 Å². The highest BCUT2D eigenvalue weighted by Gasteiger charge is 2.10. The number of hydrogen-bond donors (Lipinski definition) is 1. The highest BCUT2D eigenvalue weighted by molar-refractivity contribution is 5.66. The molecule has 0 amide bonds. The summed E-state index contributed by atoms with van der Waals surface area (Å²) in [4.78, 5) is 0. The number of aromatic nitrogens is 4. The normalized spacial score (nSPS) is 8.85. The first-order valence-electron chi connectivity index (χ1n) is 5.34. The maximum Gasteiger partial charge on any atom is 0.163 e. The Bertz CT molecular complexity index is 751. The lowest BCUT2D eigenvalue weighted by molar-refractivity contribution is 0.790. The van der Waals surface area contributed by atoms with Crippen molar-refractivity contribution in [1.82, 2.24) is 20.2 Å². The van der Waals surface area contributed by atoms with Crippen LogP contribution in [0.1, 0.15) is 0 Å². The van der Waals surface area contributed by atoms with E-state index < -0.39 is 0 Å². The van der Waals surface area contributed by atoms with Crippen molar-refractivity contribution < 1.29 is 0 Å². The zero-order chi connectivity index (χ0) is 14.4. The molecule has 0 bridgehead atoms. The Labute approximate surface area is 113 Å². The van der Waals surface area contributed by atoms with Gasteiger partial charge in [-0.15, -0.1) is 5.10 Å². The van der Waals surface area contributed by atoms with Crippen LogP contribution in [0.3, 0.4) is 0 Å². The van der Waals surface area contributed by atoms with E-state index >= 15 is 0 Å². The van der Waals surface area contributed by atoms with Gasteiger partial charge in [0.05, 0.1) is 11.4 Å². The number of benzene rings is 1. The number of para-hydroxylation sites is 2. The van der Waals surface area contributed by atoms with Crippen molar-refractivity contribution in [2.24, 2.45) is 0 Å². The van der Waals surface area contributed by atoms with Crippen molar-refractivity contribution >= 4 is 5.69 Å². The second-order valence-electron chi connectivity index (χ2n) is 3.48. The third kappa shape index (κ3) is 2.42. The Hall–Kier alpha value is -3.70. The number of nitrogens with zero attached hydrogens (tertiary/aromatic N) is 7. The minimum absolute atomic E-state index is 0.129. The molecule has 0 spiro atoms. The number of nitrogens with one attached hydrogen (secondary N) is 1. The molecule has 0 aliphatic heterocycles. The van der Waals surface area contributed by atoms with Crippen LogP contribution in [0.25, 0.3) is 5.69 Å². The summed E-state index contributed by atoms with van der Waals surface area (Å²) >= 11 is 0. The molecule has 8 heteroatoms. The van der Waals surface area contributed by atoms with Crippen molar-refractivity contribution in [1.29, 1.82) is 15.8 Å². The van der Waals surface area contributed by atoms with Crippen molar-refractivity contribution in [3.63, 3.8) is 0 Å². The van der Waals surface area contributed by atoms with Gasteiger partial charge in [-0.25, -0.2) is 0 Å². The van der Waals surface area contributed by atoms with E-state index in [4.69, 9.17) is 15.8 Å². The molecule has 1 aromatic carbocycles. The van der Waals surface area contributed by atoms with Crippen LogP contribution in [0.15, 0.2) is 41.9 Å². The molecule has 8 nitrogen and oxygen atoms in total. The summed E-state index contributed by atoms with van der Waals surface area (Å²) in [5.41, 5.74) is 0.661. The van der Waals surface area contributed by atoms with Crippen molar-refractivity contribution in [3.8, 4) is 23.9 Å². The first-order chi connectivity index (χ1) is 9.80. The molecule has 0 fully saturated rings. The van der Waals surface area contributed by atoms with Crippen molar-refractivity contribution in [3.05, 3.63) is 41.9 Å². The Morgan fingerprint density at radius 3 is 2.45 bits per heavy atom. The van der Waals surface area contributed by atoms with E-state index in [1.807, 2.05) is 0 Å². The fourth-order valence-corrected chi connectivity index (χ4v) is 1.47. The monoisotopic (exact) mass is 262 g/mol. The third-order valence-electron chi connectivity index (χ3n) is 2.34. The maximum absolute atomic E-state index is 9.02. The lowest BCUT2D eigenvalue weighted by atomic mass is 10.2. The Balaban J connectivity index is 2.47. The summed E-state index contributed by atoms with van der Waals surface area (Å²) in [7, 11) is 0. The summed E-state index contributed by atoms with van der Waals surface area (Å²) in [5, 5.41) is 40.2. The van der Waals surface area contributed by atoms with Gasteiger partial charge in [0, 0.05) is 0 Å². The van der Waals surface area contributed by atoms with Crippen LogP contribution in [-0.2, 0) is 0 Å². The minimum Gasteiger partial charge on any atom is -0.343 e. The number of allylic oxidation sites excluding steroid dienone is 2. The van der Waals surface area contributed by atoms with E-state index in [1.54, 1.807) is 42.5 Å². The smallest absolute Gasteiger partial charge is 0.163 e. The van der Waals surface area contributed by atoms with Crippen LogP contribution in [0.4, 0.5) is 5.69 Å². The fourth-order valence-electron chi connectivity index (χ4n) is 1.47. The third-order valence-corrected chi connectivity index (χ3v) is 2.34. The number of tetrazole rings is 1. The van der Waals surface area contributed by atoms with E-state index in [2.05, 4.69) is 20.8 Å². The molecule has 94 valence electrons. The molecule has 1 heterocycles. The standard InChI is InChI=1S/C12H6N8/c13-5-9(6-14)11(7-15)17-10-3-1-2-4-12(10)20-8-16-18-19-20/h1-4,8,17H. The highest BCUT2D eigenvalue weighted by Crippen LogP contribution is 2.20. The summed E-state index contributed by atoms with van der Waals surface area (Å²) in [6.45, 7) is 0. The van der Waals surface area contributed by atoms with Gasteiger partial charge in [-0.05, 0) is 22.6 Å². The van der Waals surface area contributed by atoms with Gasteiger partial charge in [0.2, 0.25) is 0 Å².